The molecule has 0 saturated carbocycles. The number of esters is 1. The monoisotopic (exact) mass is 361 g/mol. The van der Waals surface area contributed by atoms with Crippen LogP contribution < -0.4 is 10.2 Å². The SMILES string of the molecule is CCC(=O)NC1CCN(c2ccc([N+](=O)[O-])c(/C=C/C(=O)OC)c2)CC1. The summed E-state index contributed by atoms with van der Waals surface area (Å²) in [5, 5.41) is 14.2. The molecule has 1 fully saturated rings. The number of nitrogens with one attached hydrogen (secondary N) is 1. The van der Waals surface area contributed by atoms with Gasteiger partial charge in [-0.25, -0.2) is 4.79 Å². The molecule has 0 spiro atoms. The van der Waals surface area contributed by atoms with Crippen LogP contribution >= 0.6 is 0 Å². The van der Waals surface area contributed by atoms with E-state index in [2.05, 4.69) is 15.0 Å². The van der Waals surface area contributed by atoms with Gasteiger partial charge in [0.25, 0.3) is 5.69 Å². The predicted molar refractivity (Wildman–Crippen MR) is 97.8 cm³/mol. The Morgan fingerprint density at radius 2 is 2.08 bits per heavy atom. The first kappa shape index (κ1) is 19.4. The van der Waals surface area contributed by atoms with Gasteiger partial charge in [0.1, 0.15) is 0 Å². The van der Waals surface area contributed by atoms with E-state index < -0.39 is 10.9 Å². The highest BCUT2D eigenvalue weighted by Crippen LogP contribution is 2.28. The standard InChI is InChI=1S/C18H23N3O5/c1-3-17(22)19-14-8-10-20(11-9-14)15-5-6-16(21(24)25)13(12-15)4-7-18(23)26-2/h4-7,12,14H,3,8-11H2,1-2H3,(H,19,22)/b7-4+. The number of amides is 1. The number of nitro groups is 1. The Bertz CT molecular complexity index is 709. The van der Waals surface area contributed by atoms with Crippen molar-refractivity contribution in [2.75, 3.05) is 25.1 Å². The summed E-state index contributed by atoms with van der Waals surface area (Å²) in [6.45, 7) is 3.31. The summed E-state index contributed by atoms with van der Waals surface area (Å²) in [5.41, 5.74) is 1.12. The van der Waals surface area contributed by atoms with Crippen LogP contribution in [0.2, 0.25) is 0 Å². The number of hydrogen-bond acceptors (Lipinski definition) is 6. The summed E-state index contributed by atoms with van der Waals surface area (Å²) < 4.78 is 4.53. The van der Waals surface area contributed by atoms with E-state index in [0.717, 1.165) is 31.6 Å². The normalized spacial score (nSPS) is 15.1. The number of methoxy groups -OCH3 is 1. The number of benzene rings is 1. The quantitative estimate of drug-likeness (QED) is 0.361. The van der Waals surface area contributed by atoms with Crippen LogP contribution in [0.1, 0.15) is 31.7 Å². The molecule has 0 radical (unpaired) electrons. The maximum atomic E-state index is 11.5. The van der Waals surface area contributed by atoms with E-state index >= 15 is 0 Å². The van der Waals surface area contributed by atoms with Crippen LogP contribution in [-0.4, -0.2) is 43.0 Å². The third kappa shape index (κ3) is 5.05. The van der Waals surface area contributed by atoms with Crippen molar-refractivity contribution >= 4 is 29.3 Å². The predicted octanol–water partition coefficient (Wildman–Crippen LogP) is 2.28. The Kier molecular flexibility index (Phi) is 6.71. The van der Waals surface area contributed by atoms with Crippen molar-refractivity contribution in [1.82, 2.24) is 5.32 Å². The molecule has 0 bridgehead atoms. The van der Waals surface area contributed by atoms with E-state index in [0.29, 0.717) is 12.0 Å². The molecule has 1 aliphatic heterocycles. The van der Waals surface area contributed by atoms with Crippen LogP contribution in [0.3, 0.4) is 0 Å². The molecule has 1 amide bonds. The van der Waals surface area contributed by atoms with E-state index in [1.54, 1.807) is 12.1 Å². The lowest BCUT2D eigenvalue weighted by Crippen LogP contribution is -2.44. The van der Waals surface area contributed by atoms with Crippen LogP contribution in [0.5, 0.6) is 0 Å². The zero-order valence-electron chi connectivity index (χ0n) is 14.9. The van der Waals surface area contributed by atoms with Gasteiger partial charge in [0.05, 0.1) is 17.6 Å². The van der Waals surface area contributed by atoms with Crippen LogP contribution in [0.15, 0.2) is 24.3 Å². The van der Waals surface area contributed by atoms with Crippen molar-refractivity contribution in [3.63, 3.8) is 0 Å². The number of ether oxygens (including phenoxy) is 1. The fourth-order valence-corrected chi connectivity index (χ4v) is 2.88. The Hall–Kier alpha value is -2.90. The van der Waals surface area contributed by atoms with Crippen LogP contribution in [-0.2, 0) is 14.3 Å². The third-order valence-electron chi connectivity index (χ3n) is 4.35. The van der Waals surface area contributed by atoms with Gasteiger partial charge in [-0.15, -0.1) is 0 Å². The Balaban J connectivity index is 2.13. The second-order valence-electron chi connectivity index (χ2n) is 6.04. The van der Waals surface area contributed by atoms with E-state index in [1.807, 2.05) is 6.92 Å². The summed E-state index contributed by atoms with van der Waals surface area (Å²) in [7, 11) is 1.25. The number of hydrogen-bond donors (Lipinski definition) is 1. The highest BCUT2D eigenvalue weighted by atomic mass is 16.6. The van der Waals surface area contributed by atoms with Gasteiger partial charge in [-0.3, -0.25) is 14.9 Å². The van der Waals surface area contributed by atoms with Crippen LogP contribution in [0.4, 0.5) is 11.4 Å². The molecule has 0 aromatic heterocycles. The summed E-state index contributed by atoms with van der Waals surface area (Å²) in [5.74, 6) is -0.522. The summed E-state index contributed by atoms with van der Waals surface area (Å²) in [6, 6.07) is 5.01. The lowest BCUT2D eigenvalue weighted by atomic mass is 10.0. The van der Waals surface area contributed by atoms with Crippen molar-refractivity contribution in [3.05, 3.63) is 40.0 Å². The maximum Gasteiger partial charge on any atom is 0.330 e. The molecule has 0 aliphatic carbocycles. The molecular weight excluding hydrogens is 338 g/mol. The number of nitro benzene ring substituents is 1. The highest BCUT2D eigenvalue weighted by molar-refractivity contribution is 5.88. The molecule has 0 unspecified atom stereocenters. The number of carbonyl (C=O) groups is 2. The van der Waals surface area contributed by atoms with Crippen molar-refractivity contribution < 1.29 is 19.2 Å². The number of piperidine rings is 1. The van der Waals surface area contributed by atoms with Gasteiger partial charge in [0.2, 0.25) is 5.91 Å². The average Bonchev–Trinajstić information content (AvgIpc) is 2.66. The summed E-state index contributed by atoms with van der Waals surface area (Å²) in [6.07, 6.45) is 4.66. The fourth-order valence-electron chi connectivity index (χ4n) is 2.88. The van der Waals surface area contributed by atoms with Gasteiger partial charge in [-0.2, -0.15) is 0 Å². The maximum absolute atomic E-state index is 11.5. The molecule has 1 aliphatic rings. The summed E-state index contributed by atoms with van der Waals surface area (Å²) >= 11 is 0. The zero-order chi connectivity index (χ0) is 19.1. The molecule has 1 N–H and O–H groups in total. The second-order valence-corrected chi connectivity index (χ2v) is 6.04. The molecule has 0 atom stereocenters. The number of rotatable bonds is 6. The van der Waals surface area contributed by atoms with Crippen LogP contribution in [0, 0.1) is 10.1 Å². The molecule has 8 nitrogen and oxygen atoms in total. The minimum atomic E-state index is -0.572. The second kappa shape index (κ2) is 8.98. The molecule has 140 valence electrons. The smallest absolute Gasteiger partial charge is 0.330 e. The third-order valence-corrected chi connectivity index (χ3v) is 4.35. The molecule has 1 aromatic carbocycles. The molecule has 2 rings (SSSR count). The average molecular weight is 361 g/mol. The van der Waals surface area contributed by atoms with Crippen molar-refractivity contribution in [2.24, 2.45) is 0 Å². The molecule has 1 heterocycles. The first-order valence-corrected chi connectivity index (χ1v) is 8.53. The first-order chi connectivity index (χ1) is 12.4. The zero-order valence-corrected chi connectivity index (χ0v) is 14.9. The Labute approximate surface area is 152 Å². The van der Waals surface area contributed by atoms with Gasteiger partial charge < -0.3 is 15.0 Å². The van der Waals surface area contributed by atoms with E-state index in [1.165, 1.54) is 25.3 Å². The van der Waals surface area contributed by atoms with Crippen molar-refractivity contribution in [1.29, 1.82) is 0 Å². The van der Waals surface area contributed by atoms with Crippen LogP contribution in [0.25, 0.3) is 6.08 Å². The van der Waals surface area contributed by atoms with Gasteiger partial charge in [0.15, 0.2) is 0 Å². The summed E-state index contributed by atoms with van der Waals surface area (Å²) in [4.78, 5) is 35.6. The number of carbonyl (C=O) groups excluding carboxylic acids is 2. The van der Waals surface area contributed by atoms with E-state index in [9.17, 15) is 19.7 Å². The molecule has 1 saturated heterocycles. The molecule has 8 heteroatoms. The van der Waals surface area contributed by atoms with Gasteiger partial charge >= 0.3 is 5.97 Å². The van der Waals surface area contributed by atoms with E-state index in [4.69, 9.17) is 0 Å². The highest BCUT2D eigenvalue weighted by Gasteiger charge is 2.22. The minimum absolute atomic E-state index is 0.0500. The topological polar surface area (TPSA) is 102 Å². The van der Waals surface area contributed by atoms with Gasteiger partial charge in [-0.05, 0) is 31.1 Å². The Morgan fingerprint density at radius 3 is 2.65 bits per heavy atom. The minimum Gasteiger partial charge on any atom is -0.466 e. The van der Waals surface area contributed by atoms with Crippen molar-refractivity contribution in [3.8, 4) is 0 Å². The van der Waals surface area contributed by atoms with Gasteiger partial charge in [0, 0.05) is 43.4 Å². The van der Waals surface area contributed by atoms with Crippen molar-refractivity contribution in [2.45, 2.75) is 32.2 Å². The Morgan fingerprint density at radius 1 is 1.38 bits per heavy atom. The number of nitrogens with zero attached hydrogens (tertiary/aromatic N) is 2. The first-order valence-electron chi connectivity index (χ1n) is 8.53. The lowest BCUT2D eigenvalue weighted by molar-refractivity contribution is -0.385. The fraction of sp³-hybridized carbons (Fsp3) is 0.444. The molecule has 26 heavy (non-hydrogen) atoms. The lowest BCUT2D eigenvalue weighted by Gasteiger charge is -2.34. The largest absolute Gasteiger partial charge is 0.466 e. The van der Waals surface area contributed by atoms with E-state index in [-0.39, 0.29) is 17.6 Å². The molecular formula is C18H23N3O5. The van der Waals surface area contributed by atoms with Gasteiger partial charge in [-0.1, -0.05) is 6.92 Å². The molecule has 1 aromatic rings. The number of anilines is 1.